The van der Waals surface area contributed by atoms with E-state index in [2.05, 4.69) is 16.0 Å². The lowest BCUT2D eigenvalue weighted by Gasteiger charge is -2.22. The number of amides is 2. The molecule has 1 saturated carbocycles. The summed E-state index contributed by atoms with van der Waals surface area (Å²) in [5.41, 5.74) is 0.735. The van der Waals surface area contributed by atoms with Gasteiger partial charge in [0.05, 0.1) is 18.8 Å². The van der Waals surface area contributed by atoms with Crippen molar-refractivity contribution >= 4 is 11.7 Å². The molecule has 1 heterocycles. The van der Waals surface area contributed by atoms with E-state index in [1.54, 1.807) is 0 Å². The molecule has 2 aliphatic rings. The van der Waals surface area contributed by atoms with Gasteiger partial charge in [-0.05, 0) is 25.0 Å². The van der Waals surface area contributed by atoms with E-state index >= 15 is 0 Å². The van der Waals surface area contributed by atoms with Gasteiger partial charge in [0.15, 0.2) is 0 Å². The molecule has 4 N–H and O–H groups in total. The topological polar surface area (TPSA) is 82.6 Å². The predicted octanol–water partition coefficient (Wildman–Crippen LogP) is 1.47. The standard InChI is InChI=1S/C17H25N3O3/c21-16-14(19-12-8-4-5-9-12)11-23-15(16)10-18-17(22)20-13-6-2-1-3-7-13/h1-3,6-7,12,14-16,19,21H,4-5,8-11H2,(H2,18,20,22). The Morgan fingerprint density at radius 1 is 1.22 bits per heavy atom. The second kappa shape index (κ2) is 7.77. The minimum absolute atomic E-state index is 0.0397. The maximum atomic E-state index is 11.9. The van der Waals surface area contributed by atoms with Gasteiger partial charge in [0.2, 0.25) is 0 Å². The fourth-order valence-corrected chi connectivity index (χ4v) is 3.30. The van der Waals surface area contributed by atoms with E-state index in [1.165, 1.54) is 25.7 Å². The van der Waals surface area contributed by atoms with Crippen molar-refractivity contribution in [2.24, 2.45) is 0 Å². The zero-order valence-electron chi connectivity index (χ0n) is 13.2. The van der Waals surface area contributed by atoms with Crippen molar-refractivity contribution < 1.29 is 14.6 Å². The van der Waals surface area contributed by atoms with Crippen LogP contribution < -0.4 is 16.0 Å². The summed E-state index contributed by atoms with van der Waals surface area (Å²) in [6.45, 7) is 0.785. The second-order valence-corrected chi connectivity index (χ2v) is 6.32. The highest BCUT2D eigenvalue weighted by atomic mass is 16.5. The minimum Gasteiger partial charge on any atom is -0.389 e. The highest BCUT2D eigenvalue weighted by Crippen LogP contribution is 2.21. The van der Waals surface area contributed by atoms with Crippen LogP contribution in [0.5, 0.6) is 0 Å². The molecule has 0 bridgehead atoms. The van der Waals surface area contributed by atoms with Gasteiger partial charge >= 0.3 is 6.03 Å². The van der Waals surface area contributed by atoms with Crippen LogP contribution in [0.15, 0.2) is 30.3 Å². The minimum atomic E-state index is -0.590. The number of hydrogen-bond donors (Lipinski definition) is 4. The van der Waals surface area contributed by atoms with Crippen molar-refractivity contribution in [1.82, 2.24) is 10.6 Å². The Morgan fingerprint density at radius 3 is 2.70 bits per heavy atom. The molecule has 6 nitrogen and oxygen atoms in total. The number of ether oxygens (including phenoxy) is 1. The van der Waals surface area contributed by atoms with E-state index in [0.29, 0.717) is 19.2 Å². The summed E-state index contributed by atoms with van der Waals surface area (Å²) in [5.74, 6) is 0. The monoisotopic (exact) mass is 319 g/mol. The van der Waals surface area contributed by atoms with E-state index in [4.69, 9.17) is 4.74 Å². The number of aliphatic hydroxyl groups is 1. The van der Waals surface area contributed by atoms with E-state index < -0.39 is 6.10 Å². The summed E-state index contributed by atoms with van der Waals surface area (Å²) in [7, 11) is 0. The van der Waals surface area contributed by atoms with Crippen LogP contribution in [0.4, 0.5) is 10.5 Å². The third kappa shape index (κ3) is 4.43. The number of anilines is 1. The molecule has 0 radical (unpaired) electrons. The number of urea groups is 1. The second-order valence-electron chi connectivity index (χ2n) is 6.32. The number of para-hydroxylation sites is 1. The molecule has 3 rings (SSSR count). The molecular weight excluding hydrogens is 294 g/mol. The van der Waals surface area contributed by atoms with Crippen molar-refractivity contribution in [1.29, 1.82) is 0 Å². The van der Waals surface area contributed by atoms with Crippen LogP contribution in [0, 0.1) is 0 Å². The molecule has 0 aromatic heterocycles. The average molecular weight is 319 g/mol. The Hall–Kier alpha value is -1.63. The number of aliphatic hydroxyl groups excluding tert-OH is 1. The first-order valence-electron chi connectivity index (χ1n) is 8.38. The first-order chi connectivity index (χ1) is 11.2. The first kappa shape index (κ1) is 16.2. The zero-order valence-corrected chi connectivity index (χ0v) is 13.2. The SMILES string of the molecule is O=C(NCC1OCC(NC2CCCC2)C1O)Nc1ccccc1. The van der Waals surface area contributed by atoms with Gasteiger partial charge < -0.3 is 25.8 Å². The number of carbonyl (C=O) groups is 1. The third-order valence-corrected chi connectivity index (χ3v) is 4.58. The Kier molecular flexibility index (Phi) is 5.48. The highest BCUT2D eigenvalue weighted by molar-refractivity contribution is 5.89. The van der Waals surface area contributed by atoms with Crippen molar-refractivity contribution in [3.63, 3.8) is 0 Å². The molecule has 126 valence electrons. The van der Waals surface area contributed by atoms with E-state index in [-0.39, 0.29) is 18.2 Å². The number of carbonyl (C=O) groups excluding carboxylic acids is 1. The molecule has 1 aliphatic carbocycles. The van der Waals surface area contributed by atoms with Crippen LogP contribution in [-0.2, 0) is 4.74 Å². The normalized spacial score (nSPS) is 28.0. The van der Waals surface area contributed by atoms with Crippen LogP contribution in [0.1, 0.15) is 25.7 Å². The van der Waals surface area contributed by atoms with Crippen molar-refractivity contribution in [2.75, 3.05) is 18.5 Å². The Labute approximate surface area is 136 Å². The molecule has 1 aromatic carbocycles. The lowest BCUT2D eigenvalue weighted by atomic mass is 10.1. The van der Waals surface area contributed by atoms with Crippen LogP contribution in [0.3, 0.4) is 0 Å². The molecule has 2 fully saturated rings. The maximum absolute atomic E-state index is 11.9. The highest BCUT2D eigenvalue weighted by Gasteiger charge is 2.37. The van der Waals surface area contributed by atoms with Gasteiger partial charge in [-0.25, -0.2) is 4.79 Å². The van der Waals surface area contributed by atoms with Crippen LogP contribution in [-0.4, -0.2) is 48.6 Å². The van der Waals surface area contributed by atoms with Crippen molar-refractivity contribution in [2.45, 2.75) is 50.0 Å². The fraction of sp³-hybridized carbons (Fsp3) is 0.588. The summed E-state index contributed by atoms with van der Waals surface area (Å²) >= 11 is 0. The molecular formula is C17H25N3O3. The molecule has 3 atom stereocenters. The van der Waals surface area contributed by atoms with Crippen molar-refractivity contribution in [3.8, 4) is 0 Å². The number of rotatable bonds is 5. The molecule has 23 heavy (non-hydrogen) atoms. The van der Waals surface area contributed by atoms with Gasteiger partial charge in [-0.2, -0.15) is 0 Å². The molecule has 2 amide bonds. The summed E-state index contributed by atoms with van der Waals surface area (Å²) in [4.78, 5) is 11.9. The number of benzene rings is 1. The Bertz CT molecular complexity index is 505. The smallest absolute Gasteiger partial charge is 0.319 e. The van der Waals surface area contributed by atoms with Crippen LogP contribution in [0.25, 0.3) is 0 Å². The van der Waals surface area contributed by atoms with Gasteiger partial charge in [0.25, 0.3) is 0 Å². The summed E-state index contributed by atoms with van der Waals surface area (Å²) in [6, 6.07) is 9.41. The van der Waals surface area contributed by atoms with Crippen molar-refractivity contribution in [3.05, 3.63) is 30.3 Å². The van der Waals surface area contributed by atoms with E-state index in [9.17, 15) is 9.90 Å². The van der Waals surface area contributed by atoms with E-state index in [0.717, 1.165) is 5.69 Å². The Morgan fingerprint density at radius 2 is 1.96 bits per heavy atom. The van der Waals surface area contributed by atoms with Crippen LogP contribution >= 0.6 is 0 Å². The molecule has 6 heteroatoms. The van der Waals surface area contributed by atoms with E-state index in [1.807, 2.05) is 30.3 Å². The molecule has 3 unspecified atom stereocenters. The largest absolute Gasteiger partial charge is 0.389 e. The molecule has 1 aromatic rings. The lowest BCUT2D eigenvalue weighted by Crippen LogP contribution is -2.48. The molecule has 0 spiro atoms. The van der Waals surface area contributed by atoms with Crippen LogP contribution in [0.2, 0.25) is 0 Å². The summed E-state index contributed by atoms with van der Waals surface area (Å²) in [6.07, 6.45) is 3.90. The summed E-state index contributed by atoms with van der Waals surface area (Å²) < 4.78 is 5.63. The maximum Gasteiger partial charge on any atom is 0.319 e. The lowest BCUT2D eigenvalue weighted by molar-refractivity contribution is 0.0425. The van der Waals surface area contributed by atoms with Gasteiger partial charge in [-0.15, -0.1) is 0 Å². The zero-order chi connectivity index (χ0) is 16.1. The number of nitrogens with one attached hydrogen (secondary N) is 3. The first-order valence-corrected chi connectivity index (χ1v) is 8.38. The van der Waals surface area contributed by atoms with Gasteiger partial charge in [0.1, 0.15) is 6.10 Å². The van der Waals surface area contributed by atoms with Gasteiger partial charge in [-0.3, -0.25) is 0 Å². The van der Waals surface area contributed by atoms with Gasteiger partial charge in [-0.1, -0.05) is 31.0 Å². The Balaban J connectivity index is 1.41. The number of hydrogen-bond acceptors (Lipinski definition) is 4. The molecule has 1 aliphatic heterocycles. The predicted molar refractivity (Wildman–Crippen MR) is 88.4 cm³/mol. The fourth-order valence-electron chi connectivity index (χ4n) is 3.30. The average Bonchev–Trinajstić information content (AvgIpc) is 3.18. The quantitative estimate of drug-likeness (QED) is 0.662. The molecule has 1 saturated heterocycles. The summed E-state index contributed by atoms with van der Waals surface area (Å²) in [5, 5.41) is 19.3. The van der Waals surface area contributed by atoms with Gasteiger partial charge in [0, 0.05) is 18.3 Å². The third-order valence-electron chi connectivity index (χ3n) is 4.58.